The van der Waals surface area contributed by atoms with Crippen molar-refractivity contribution in [1.82, 2.24) is 10.3 Å². The summed E-state index contributed by atoms with van der Waals surface area (Å²) >= 11 is 0. The van der Waals surface area contributed by atoms with Gasteiger partial charge >= 0.3 is 0 Å². The molecular formula is C17H22N2O. The minimum absolute atomic E-state index is 0.0653. The third-order valence-corrected chi connectivity index (χ3v) is 2.96. The Labute approximate surface area is 121 Å². The molecule has 3 nitrogen and oxygen atoms in total. The van der Waals surface area contributed by atoms with Gasteiger partial charge in [0.15, 0.2) is 0 Å². The van der Waals surface area contributed by atoms with Crippen molar-refractivity contribution in [2.75, 3.05) is 0 Å². The molecule has 2 rings (SSSR count). The SMILES string of the molecule is Cc1ccccc1Oc1ncccc1CNC(C)(C)C. The fourth-order valence-electron chi connectivity index (χ4n) is 1.79. The average molecular weight is 270 g/mol. The Kier molecular flexibility index (Phi) is 4.40. The van der Waals surface area contributed by atoms with Crippen molar-refractivity contribution in [3.8, 4) is 11.6 Å². The van der Waals surface area contributed by atoms with Gasteiger partial charge in [-0.05, 0) is 45.4 Å². The van der Waals surface area contributed by atoms with Crippen LogP contribution < -0.4 is 10.1 Å². The van der Waals surface area contributed by atoms with E-state index in [0.29, 0.717) is 5.88 Å². The number of nitrogens with zero attached hydrogens (tertiary/aromatic N) is 1. The largest absolute Gasteiger partial charge is 0.438 e. The summed E-state index contributed by atoms with van der Waals surface area (Å²) in [4.78, 5) is 4.35. The first kappa shape index (κ1) is 14.5. The summed E-state index contributed by atoms with van der Waals surface area (Å²) in [6.07, 6.45) is 1.76. The highest BCUT2D eigenvalue weighted by Gasteiger charge is 2.12. The molecule has 0 amide bonds. The van der Waals surface area contributed by atoms with Crippen LogP contribution in [0.3, 0.4) is 0 Å². The number of aromatic nitrogens is 1. The van der Waals surface area contributed by atoms with Crippen LogP contribution in [0.4, 0.5) is 0 Å². The first-order valence-electron chi connectivity index (χ1n) is 6.88. The first-order valence-corrected chi connectivity index (χ1v) is 6.88. The third-order valence-electron chi connectivity index (χ3n) is 2.96. The molecule has 0 aliphatic carbocycles. The second-order valence-electron chi connectivity index (χ2n) is 5.94. The van der Waals surface area contributed by atoms with Gasteiger partial charge in [-0.2, -0.15) is 0 Å². The van der Waals surface area contributed by atoms with Crippen molar-refractivity contribution in [1.29, 1.82) is 0 Å². The Hall–Kier alpha value is -1.87. The molecule has 0 fully saturated rings. The van der Waals surface area contributed by atoms with Crippen LogP contribution in [-0.2, 0) is 6.54 Å². The van der Waals surface area contributed by atoms with Crippen LogP contribution in [0.2, 0.25) is 0 Å². The summed E-state index contributed by atoms with van der Waals surface area (Å²) in [6.45, 7) is 9.20. The van der Waals surface area contributed by atoms with Crippen LogP contribution in [0.25, 0.3) is 0 Å². The number of pyridine rings is 1. The van der Waals surface area contributed by atoms with Crippen LogP contribution >= 0.6 is 0 Å². The molecule has 2 aromatic rings. The van der Waals surface area contributed by atoms with Crippen molar-refractivity contribution in [3.05, 3.63) is 53.7 Å². The molecular weight excluding hydrogens is 248 g/mol. The molecule has 20 heavy (non-hydrogen) atoms. The highest BCUT2D eigenvalue weighted by Crippen LogP contribution is 2.25. The fourth-order valence-corrected chi connectivity index (χ4v) is 1.79. The van der Waals surface area contributed by atoms with Gasteiger partial charge < -0.3 is 10.1 Å². The summed E-state index contributed by atoms with van der Waals surface area (Å²) in [6, 6.07) is 11.9. The van der Waals surface area contributed by atoms with Gasteiger partial charge in [-0.25, -0.2) is 4.98 Å². The highest BCUT2D eigenvalue weighted by atomic mass is 16.5. The Morgan fingerprint density at radius 1 is 1.10 bits per heavy atom. The number of benzene rings is 1. The molecule has 1 N–H and O–H groups in total. The van der Waals surface area contributed by atoms with Gasteiger partial charge in [-0.1, -0.05) is 24.3 Å². The molecule has 0 aliphatic heterocycles. The first-order chi connectivity index (χ1) is 9.46. The van der Waals surface area contributed by atoms with Crippen LogP contribution in [0.1, 0.15) is 31.9 Å². The van der Waals surface area contributed by atoms with E-state index in [4.69, 9.17) is 4.74 Å². The lowest BCUT2D eigenvalue weighted by atomic mass is 10.1. The molecule has 1 heterocycles. The van der Waals surface area contributed by atoms with Crippen molar-refractivity contribution in [2.45, 2.75) is 39.8 Å². The molecule has 0 saturated heterocycles. The van der Waals surface area contributed by atoms with Crippen LogP contribution in [0.15, 0.2) is 42.6 Å². The van der Waals surface area contributed by atoms with Gasteiger partial charge in [0.2, 0.25) is 5.88 Å². The van der Waals surface area contributed by atoms with E-state index in [0.717, 1.165) is 23.4 Å². The minimum Gasteiger partial charge on any atom is -0.438 e. The Balaban J connectivity index is 2.18. The van der Waals surface area contributed by atoms with E-state index in [1.807, 2.05) is 43.3 Å². The normalized spacial score (nSPS) is 11.4. The average Bonchev–Trinajstić information content (AvgIpc) is 2.39. The molecule has 0 aliphatic rings. The van der Waals surface area contributed by atoms with E-state index in [-0.39, 0.29) is 5.54 Å². The summed E-state index contributed by atoms with van der Waals surface area (Å²) in [5.74, 6) is 1.52. The van der Waals surface area contributed by atoms with Crippen LogP contribution in [-0.4, -0.2) is 10.5 Å². The number of para-hydroxylation sites is 1. The summed E-state index contributed by atoms with van der Waals surface area (Å²) < 4.78 is 5.95. The van der Waals surface area contributed by atoms with Gasteiger partial charge in [0, 0.05) is 23.8 Å². The minimum atomic E-state index is 0.0653. The number of ether oxygens (including phenoxy) is 1. The van der Waals surface area contributed by atoms with E-state index in [1.54, 1.807) is 6.20 Å². The van der Waals surface area contributed by atoms with Crippen molar-refractivity contribution < 1.29 is 4.74 Å². The Morgan fingerprint density at radius 3 is 2.55 bits per heavy atom. The van der Waals surface area contributed by atoms with Gasteiger partial charge in [0.25, 0.3) is 0 Å². The summed E-state index contributed by atoms with van der Waals surface area (Å²) in [5, 5.41) is 3.46. The van der Waals surface area contributed by atoms with Crippen molar-refractivity contribution in [3.63, 3.8) is 0 Å². The predicted octanol–water partition coefficient (Wildman–Crippen LogP) is 4.07. The second kappa shape index (κ2) is 6.06. The zero-order valence-electron chi connectivity index (χ0n) is 12.6. The maximum absolute atomic E-state index is 5.95. The van der Waals surface area contributed by atoms with Gasteiger partial charge in [-0.3, -0.25) is 0 Å². The molecule has 0 saturated carbocycles. The number of rotatable bonds is 4. The Bertz CT molecular complexity index is 573. The predicted molar refractivity (Wildman–Crippen MR) is 82.1 cm³/mol. The molecule has 0 bridgehead atoms. The third kappa shape index (κ3) is 4.07. The zero-order chi connectivity index (χ0) is 14.6. The topological polar surface area (TPSA) is 34.1 Å². The zero-order valence-corrected chi connectivity index (χ0v) is 12.6. The van der Waals surface area contributed by atoms with Crippen LogP contribution in [0, 0.1) is 6.92 Å². The molecule has 1 aromatic carbocycles. The maximum atomic E-state index is 5.95. The maximum Gasteiger partial charge on any atom is 0.223 e. The van der Waals surface area contributed by atoms with Crippen molar-refractivity contribution >= 4 is 0 Å². The number of hydrogen-bond donors (Lipinski definition) is 1. The summed E-state index contributed by atoms with van der Waals surface area (Å²) in [7, 11) is 0. The molecule has 0 spiro atoms. The summed E-state index contributed by atoms with van der Waals surface area (Å²) in [5.41, 5.74) is 2.23. The fraction of sp³-hybridized carbons (Fsp3) is 0.353. The van der Waals surface area contributed by atoms with Crippen molar-refractivity contribution in [2.24, 2.45) is 0 Å². The molecule has 106 valence electrons. The van der Waals surface area contributed by atoms with E-state index < -0.39 is 0 Å². The highest BCUT2D eigenvalue weighted by molar-refractivity contribution is 5.37. The number of hydrogen-bond acceptors (Lipinski definition) is 3. The van der Waals surface area contributed by atoms with Gasteiger partial charge in [-0.15, -0.1) is 0 Å². The standard InChI is InChI=1S/C17H22N2O/c1-13-8-5-6-10-15(13)20-16-14(9-7-11-18-16)12-19-17(2,3)4/h5-11,19H,12H2,1-4H3. The van der Waals surface area contributed by atoms with E-state index >= 15 is 0 Å². The lowest BCUT2D eigenvalue weighted by Gasteiger charge is -2.21. The van der Waals surface area contributed by atoms with Crippen LogP contribution in [0.5, 0.6) is 11.6 Å². The molecule has 1 aromatic heterocycles. The van der Waals surface area contributed by atoms with Gasteiger partial charge in [0.1, 0.15) is 5.75 Å². The molecule has 0 unspecified atom stereocenters. The lowest BCUT2D eigenvalue weighted by Crippen LogP contribution is -2.35. The molecule has 3 heteroatoms. The number of nitrogens with one attached hydrogen (secondary N) is 1. The smallest absolute Gasteiger partial charge is 0.223 e. The molecule has 0 atom stereocenters. The van der Waals surface area contributed by atoms with Gasteiger partial charge in [0.05, 0.1) is 0 Å². The van der Waals surface area contributed by atoms with E-state index in [1.165, 1.54) is 0 Å². The van der Waals surface area contributed by atoms with E-state index in [2.05, 4.69) is 31.1 Å². The molecule has 0 radical (unpaired) electrons. The lowest BCUT2D eigenvalue weighted by molar-refractivity contribution is 0.408. The number of aryl methyl sites for hydroxylation is 1. The van der Waals surface area contributed by atoms with E-state index in [9.17, 15) is 0 Å². The monoisotopic (exact) mass is 270 g/mol. The second-order valence-corrected chi connectivity index (χ2v) is 5.94. The quantitative estimate of drug-likeness (QED) is 0.909. The Morgan fingerprint density at radius 2 is 1.85 bits per heavy atom.